The molecule has 1 saturated carbocycles. The highest BCUT2D eigenvalue weighted by Gasteiger charge is 2.23. The van der Waals surface area contributed by atoms with E-state index in [9.17, 15) is 4.79 Å². The molecule has 0 atom stereocenters. The number of nitrogens with zero attached hydrogens (tertiary/aromatic N) is 1. The van der Waals surface area contributed by atoms with E-state index in [-0.39, 0.29) is 5.97 Å². The number of carbonyl (C=O) groups is 1. The number of hydrogen-bond donors (Lipinski definition) is 0. The minimum Gasteiger partial charge on any atom is -0.460 e. The quantitative estimate of drug-likeness (QED) is 0.708. The van der Waals surface area contributed by atoms with Crippen molar-refractivity contribution in [3.8, 4) is 0 Å². The Hall–Kier alpha value is -1.32. The molecule has 2 rings (SSSR count). The summed E-state index contributed by atoms with van der Waals surface area (Å²) in [6, 6.07) is 0. The number of rotatable bonds is 7. The fourth-order valence-corrected chi connectivity index (χ4v) is 3.02. The van der Waals surface area contributed by atoms with Crippen LogP contribution in [0.15, 0.2) is 4.42 Å². The summed E-state index contributed by atoms with van der Waals surface area (Å²) < 4.78 is 10.8. The molecule has 0 saturated heterocycles. The Bertz CT molecular complexity index is 459. The first-order chi connectivity index (χ1) is 10.1. The third kappa shape index (κ3) is 4.58. The summed E-state index contributed by atoms with van der Waals surface area (Å²) in [4.78, 5) is 16.5. The molecular formula is C17H27NO3. The van der Waals surface area contributed by atoms with Gasteiger partial charge in [-0.2, -0.15) is 0 Å². The van der Waals surface area contributed by atoms with Crippen LogP contribution >= 0.6 is 0 Å². The lowest BCUT2D eigenvalue weighted by atomic mass is 10.0. The first kappa shape index (κ1) is 16.1. The maximum Gasteiger partial charge on any atom is 0.376 e. The smallest absolute Gasteiger partial charge is 0.376 e. The molecular weight excluding hydrogens is 266 g/mol. The van der Waals surface area contributed by atoms with Crippen LogP contribution in [0.2, 0.25) is 0 Å². The van der Waals surface area contributed by atoms with Gasteiger partial charge in [0.05, 0.1) is 12.3 Å². The summed E-state index contributed by atoms with van der Waals surface area (Å²) in [5.74, 6) is 1.86. The zero-order chi connectivity index (χ0) is 15.2. The normalized spacial score (nSPS) is 15.8. The van der Waals surface area contributed by atoms with E-state index < -0.39 is 0 Å². The largest absolute Gasteiger partial charge is 0.460 e. The van der Waals surface area contributed by atoms with E-state index in [0.29, 0.717) is 24.2 Å². The van der Waals surface area contributed by atoms with Crippen LogP contribution in [0.1, 0.15) is 75.0 Å². The molecule has 0 aliphatic heterocycles. The van der Waals surface area contributed by atoms with Crippen molar-refractivity contribution in [2.45, 2.75) is 65.7 Å². The SMILES string of the molecule is CCOC(=O)c1oc(CCC2CCCC2)nc1CC(C)C. The minimum atomic E-state index is -0.382. The van der Waals surface area contributed by atoms with Crippen LogP contribution in [0, 0.1) is 11.8 Å². The van der Waals surface area contributed by atoms with E-state index in [2.05, 4.69) is 18.8 Å². The van der Waals surface area contributed by atoms with Gasteiger partial charge in [-0.3, -0.25) is 0 Å². The minimum absolute atomic E-state index is 0.312. The molecule has 1 aliphatic rings. The number of esters is 1. The van der Waals surface area contributed by atoms with Gasteiger partial charge in [0.25, 0.3) is 0 Å². The molecule has 1 heterocycles. The van der Waals surface area contributed by atoms with Crippen molar-refractivity contribution >= 4 is 5.97 Å². The summed E-state index contributed by atoms with van der Waals surface area (Å²) in [6.45, 7) is 6.39. The van der Waals surface area contributed by atoms with Crippen molar-refractivity contribution < 1.29 is 13.9 Å². The van der Waals surface area contributed by atoms with Gasteiger partial charge in [0, 0.05) is 6.42 Å². The predicted octanol–water partition coefficient (Wildman–Crippen LogP) is 4.17. The van der Waals surface area contributed by atoms with E-state index in [1.807, 2.05) is 0 Å². The van der Waals surface area contributed by atoms with E-state index >= 15 is 0 Å². The number of aryl methyl sites for hydroxylation is 1. The second-order valence-electron chi connectivity index (χ2n) is 6.39. The average Bonchev–Trinajstić information content (AvgIpc) is 3.05. The standard InChI is InChI=1S/C17H27NO3/c1-4-20-17(19)16-14(11-12(2)3)18-15(21-16)10-9-13-7-5-6-8-13/h12-13H,4-11H2,1-3H3. The number of hydrogen-bond acceptors (Lipinski definition) is 4. The van der Waals surface area contributed by atoms with Crippen molar-refractivity contribution in [1.82, 2.24) is 4.98 Å². The summed E-state index contributed by atoms with van der Waals surface area (Å²) in [6.07, 6.45) is 8.04. The highest BCUT2D eigenvalue weighted by Crippen LogP contribution is 2.29. The lowest BCUT2D eigenvalue weighted by molar-refractivity contribution is 0.0486. The lowest BCUT2D eigenvalue weighted by Crippen LogP contribution is -2.08. The topological polar surface area (TPSA) is 52.3 Å². The van der Waals surface area contributed by atoms with Gasteiger partial charge in [0.15, 0.2) is 5.89 Å². The fraction of sp³-hybridized carbons (Fsp3) is 0.765. The molecule has 0 N–H and O–H groups in total. The second-order valence-corrected chi connectivity index (χ2v) is 6.39. The van der Waals surface area contributed by atoms with Gasteiger partial charge in [0.1, 0.15) is 0 Å². The summed E-state index contributed by atoms with van der Waals surface area (Å²) in [5.41, 5.74) is 0.755. The fourth-order valence-electron chi connectivity index (χ4n) is 3.02. The van der Waals surface area contributed by atoms with Crippen LogP contribution in [-0.4, -0.2) is 17.6 Å². The Morgan fingerprint density at radius 1 is 1.38 bits per heavy atom. The van der Waals surface area contributed by atoms with Crippen LogP contribution in [0.5, 0.6) is 0 Å². The van der Waals surface area contributed by atoms with Crippen molar-refractivity contribution in [1.29, 1.82) is 0 Å². The molecule has 1 fully saturated rings. The van der Waals surface area contributed by atoms with E-state index in [1.54, 1.807) is 6.92 Å². The number of aromatic nitrogens is 1. The van der Waals surface area contributed by atoms with Crippen molar-refractivity contribution in [2.75, 3.05) is 6.61 Å². The third-order valence-corrected chi connectivity index (χ3v) is 4.05. The number of ether oxygens (including phenoxy) is 1. The molecule has 1 aromatic rings. The highest BCUT2D eigenvalue weighted by molar-refractivity contribution is 5.87. The Morgan fingerprint density at radius 3 is 2.71 bits per heavy atom. The first-order valence-electron chi connectivity index (χ1n) is 8.25. The molecule has 0 spiro atoms. The zero-order valence-electron chi connectivity index (χ0n) is 13.5. The summed E-state index contributed by atoms with van der Waals surface area (Å²) in [7, 11) is 0. The van der Waals surface area contributed by atoms with Gasteiger partial charge in [-0.1, -0.05) is 39.5 Å². The molecule has 0 amide bonds. The van der Waals surface area contributed by atoms with Crippen LogP contribution in [0.3, 0.4) is 0 Å². The van der Waals surface area contributed by atoms with Crippen LogP contribution in [0.25, 0.3) is 0 Å². The molecule has 4 nitrogen and oxygen atoms in total. The molecule has 0 unspecified atom stereocenters. The zero-order valence-corrected chi connectivity index (χ0v) is 13.5. The Balaban J connectivity index is 2.04. The van der Waals surface area contributed by atoms with Gasteiger partial charge in [0.2, 0.25) is 5.76 Å². The highest BCUT2D eigenvalue weighted by atomic mass is 16.5. The second kappa shape index (κ2) is 7.62. The van der Waals surface area contributed by atoms with E-state index in [1.165, 1.54) is 25.7 Å². The monoisotopic (exact) mass is 293 g/mol. The average molecular weight is 293 g/mol. The maximum atomic E-state index is 12.0. The predicted molar refractivity (Wildman–Crippen MR) is 81.3 cm³/mol. The number of carbonyl (C=O) groups excluding carboxylic acids is 1. The molecule has 118 valence electrons. The molecule has 4 heteroatoms. The van der Waals surface area contributed by atoms with Crippen molar-refractivity contribution in [3.63, 3.8) is 0 Å². The number of oxazole rings is 1. The van der Waals surface area contributed by atoms with Crippen LogP contribution in [0.4, 0.5) is 0 Å². The molecule has 1 aromatic heterocycles. The van der Waals surface area contributed by atoms with Crippen molar-refractivity contribution in [3.05, 3.63) is 17.3 Å². The molecule has 1 aliphatic carbocycles. The Labute approximate surface area is 127 Å². The summed E-state index contributed by atoms with van der Waals surface area (Å²) >= 11 is 0. The maximum absolute atomic E-state index is 12.0. The van der Waals surface area contributed by atoms with Gasteiger partial charge < -0.3 is 9.15 Å². The Kier molecular flexibility index (Phi) is 5.83. The van der Waals surface area contributed by atoms with Crippen LogP contribution < -0.4 is 0 Å². The first-order valence-corrected chi connectivity index (χ1v) is 8.25. The van der Waals surface area contributed by atoms with Gasteiger partial charge >= 0.3 is 5.97 Å². The van der Waals surface area contributed by atoms with Gasteiger partial charge in [-0.05, 0) is 31.6 Å². The van der Waals surface area contributed by atoms with E-state index in [4.69, 9.17) is 9.15 Å². The van der Waals surface area contributed by atoms with Gasteiger partial charge in [-0.25, -0.2) is 9.78 Å². The van der Waals surface area contributed by atoms with Gasteiger partial charge in [-0.15, -0.1) is 0 Å². The van der Waals surface area contributed by atoms with Crippen molar-refractivity contribution in [2.24, 2.45) is 11.8 Å². The molecule has 0 bridgehead atoms. The molecule has 21 heavy (non-hydrogen) atoms. The Morgan fingerprint density at radius 2 is 2.10 bits per heavy atom. The molecule has 0 radical (unpaired) electrons. The molecule has 0 aromatic carbocycles. The summed E-state index contributed by atoms with van der Waals surface area (Å²) in [5, 5.41) is 0. The lowest BCUT2D eigenvalue weighted by Gasteiger charge is -2.05. The van der Waals surface area contributed by atoms with Crippen LogP contribution in [-0.2, 0) is 17.6 Å². The third-order valence-electron chi connectivity index (χ3n) is 4.05. The van der Waals surface area contributed by atoms with E-state index in [0.717, 1.165) is 30.9 Å².